The van der Waals surface area contributed by atoms with Crippen molar-refractivity contribution in [1.29, 1.82) is 0 Å². The zero-order valence-electron chi connectivity index (χ0n) is 4.77. The van der Waals surface area contributed by atoms with Gasteiger partial charge in [-0.1, -0.05) is 0 Å². The number of rotatable bonds is 0. The Kier molecular flexibility index (Phi) is 2.55. The Morgan fingerprint density at radius 3 is 2.00 bits per heavy atom. The third-order valence-corrected chi connectivity index (χ3v) is 1.74. The molecular weight excluding hydrogens is 161 g/mol. The van der Waals surface area contributed by atoms with Gasteiger partial charge in [-0.15, -0.1) is 23.2 Å². The number of nitrogens with two attached hydrogens (primary N) is 1. The van der Waals surface area contributed by atoms with Crippen molar-refractivity contribution in [2.24, 2.45) is 5.73 Å². The van der Waals surface area contributed by atoms with Gasteiger partial charge in [0.2, 0.25) is 0 Å². The molecule has 54 valence electrons. The predicted octanol–water partition coefficient (Wildman–Crippen LogP) is -0.0586. The highest BCUT2D eigenvalue weighted by atomic mass is 35.5. The van der Waals surface area contributed by atoms with Crippen LogP contribution in [0.4, 0.5) is 0 Å². The lowest BCUT2D eigenvalue weighted by atomic mass is 10.3. The Morgan fingerprint density at radius 2 is 1.67 bits per heavy atom. The molecule has 4 N–H and O–H groups in total. The van der Waals surface area contributed by atoms with Crippen LogP contribution in [0.25, 0.3) is 0 Å². The highest BCUT2D eigenvalue weighted by molar-refractivity contribution is 6.23. The Morgan fingerprint density at radius 1 is 1.22 bits per heavy atom. The number of alkyl halides is 2. The first-order chi connectivity index (χ1) is 4.18. The van der Waals surface area contributed by atoms with Gasteiger partial charge in [0.05, 0.1) is 11.0 Å². The Bertz CT molecular complexity index is 74.8. The molecule has 0 saturated carbocycles. The maximum Gasteiger partial charge on any atom is 0.111 e. The second-order valence-electron chi connectivity index (χ2n) is 1.98. The van der Waals surface area contributed by atoms with Crippen LogP contribution in [0.5, 0.6) is 0 Å². The third kappa shape index (κ3) is 2.27. The minimum atomic E-state index is -0.274. The number of nitrogens with one attached hydrogen (secondary N) is 2. The van der Waals surface area contributed by atoms with Gasteiger partial charge in [-0.3, -0.25) is 10.6 Å². The Hall–Kier alpha value is 0.460. The van der Waals surface area contributed by atoms with E-state index in [1.54, 1.807) is 0 Å². The predicted molar refractivity (Wildman–Crippen MR) is 38.1 cm³/mol. The molecule has 1 saturated heterocycles. The molecule has 0 aliphatic carbocycles. The van der Waals surface area contributed by atoms with Gasteiger partial charge in [0.15, 0.2) is 0 Å². The lowest BCUT2D eigenvalue weighted by Crippen LogP contribution is -2.59. The quantitative estimate of drug-likeness (QED) is 0.352. The summed E-state index contributed by atoms with van der Waals surface area (Å²) in [7, 11) is 0. The van der Waals surface area contributed by atoms with Crippen LogP contribution in [0.1, 0.15) is 6.42 Å². The molecule has 0 radical (unpaired) electrons. The summed E-state index contributed by atoms with van der Waals surface area (Å²) in [6.07, 6.45) is 0.417. The van der Waals surface area contributed by atoms with E-state index in [1.165, 1.54) is 0 Å². The minimum Gasteiger partial charge on any atom is -0.304 e. The third-order valence-electron chi connectivity index (χ3n) is 1.13. The lowest BCUT2D eigenvalue weighted by molar-refractivity contribution is 0.336. The molecule has 1 heterocycles. The van der Waals surface area contributed by atoms with E-state index in [1.807, 2.05) is 0 Å². The summed E-state index contributed by atoms with van der Waals surface area (Å²) in [5, 5.41) is 5.71. The van der Waals surface area contributed by atoms with Crippen LogP contribution in [-0.2, 0) is 0 Å². The second kappa shape index (κ2) is 3.03. The minimum absolute atomic E-state index is 0.108. The van der Waals surface area contributed by atoms with E-state index in [-0.39, 0.29) is 17.3 Å². The number of hydrogen-bond acceptors (Lipinski definition) is 3. The molecule has 2 atom stereocenters. The molecule has 0 aromatic heterocycles. The van der Waals surface area contributed by atoms with E-state index < -0.39 is 0 Å². The SMILES string of the molecule is NC1NC(Cl)CC(Cl)N1. The highest BCUT2D eigenvalue weighted by Crippen LogP contribution is 2.10. The summed E-state index contributed by atoms with van der Waals surface area (Å²) in [5.74, 6) is 0. The Labute approximate surface area is 63.9 Å². The molecule has 1 rings (SSSR count). The van der Waals surface area contributed by atoms with Gasteiger partial charge < -0.3 is 5.73 Å². The molecule has 9 heavy (non-hydrogen) atoms. The molecule has 0 aromatic carbocycles. The number of halogens is 2. The van der Waals surface area contributed by atoms with Crippen molar-refractivity contribution in [2.75, 3.05) is 0 Å². The van der Waals surface area contributed by atoms with E-state index >= 15 is 0 Å². The van der Waals surface area contributed by atoms with Crippen molar-refractivity contribution >= 4 is 23.2 Å². The van der Waals surface area contributed by atoms with E-state index in [4.69, 9.17) is 28.9 Å². The van der Waals surface area contributed by atoms with Gasteiger partial charge in [-0.25, -0.2) is 0 Å². The molecule has 0 bridgehead atoms. The fourth-order valence-electron chi connectivity index (χ4n) is 0.756. The van der Waals surface area contributed by atoms with Gasteiger partial charge in [-0.2, -0.15) is 0 Å². The topological polar surface area (TPSA) is 50.1 Å². The van der Waals surface area contributed by atoms with Crippen LogP contribution in [0.15, 0.2) is 0 Å². The summed E-state index contributed by atoms with van der Waals surface area (Å²) in [4.78, 5) is 0. The van der Waals surface area contributed by atoms with Crippen molar-refractivity contribution in [3.8, 4) is 0 Å². The summed E-state index contributed by atoms with van der Waals surface area (Å²) < 4.78 is 0. The first-order valence-electron chi connectivity index (χ1n) is 2.74. The zero-order chi connectivity index (χ0) is 6.85. The normalized spacial score (nSPS) is 45.0. The molecule has 0 amide bonds. The van der Waals surface area contributed by atoms with Crippen molar-refractivity contribution in [3.63, 3.8) is 0 Å². The van der Waals surface area contributed by atoms with Crippen molar-refractivity contribution in [1.82, 2.24) is 10.6 Å². The van der Waals surface area contributed by atoms with Crippen molar-refractivity contribution in [2.45, 2.75) is 23.7 Å². The average Bonchev–Trinajstić information content (AvgIpc) is 1.59. The van der Waals surface area contributed by atoms with Gasteiger partial charge >= 0.3 is 0 Å². The van der Waals surface area contributed by atoms with Crippen molar-refractivity contribution < 1.29 is 0 Å². The maximum atomic E-state index is 5.69. The molecular formula is C4H9Cl2N3. The fraction of sp³-hybridized carbons (Fsp3) is 1.00. The molecule has 1 aliphatic rings. The van der Waals surface area contributed by atoms with Crippen LogP contribution in [0, 0.1) is 0 Å². The van der Waals surface area contributed by atoms with E-state index in [2.05, 4.69) is 10.6 Å². The molecule has 5 heteroatoms. The van der Waals surface area contributed by atoms with Crippen LogP contribution in [0.2, 0.25) is 0 Å². The largest absolute Gasteiger partial charge is 0.304 e. The van der Waals surface area contributed by atoms with E-state index in [0.29, 0.717) is 6.42 Å². The first kappa shape index (κ1) is 7.57. The smallest absolute Gasteiger partial charge is 0.111 e. The summed E-state index contributed by atoms with van der Waals surface area (Å²) >= 11 is 11.4. The second-order valence-corrected chi connectivity index (χ2v) is 3.04. The first-order valence-corrected chi connectivity index (χ1v) is 3.61. The van der Waals surface area contributed by atoms with Crippen molar-refractivity contribution in [3.05, 3.63) is 0 Å². The van der Waals surface area contributed by atoms with E-state index in [9.17, 15) is 0 Å². The van der Waals surface area contributed by atoms with Gasteiger partial charge in [0, 0.05) is 6.42 Å². The fourth-order valence-corrected chi connectivity index (χ4v) is 1.47. The van der Waals surface area contributed by atoms with E-state index in [0.717, 1.165) is 0 Å². The Balaban J connectivity index is 2.34. The average molecular weight is 170 g/mol. The van der Waals surface area contributed by atoms with Crippen LogP contribution < -0.4 is 16.4 Å². The van der Waals surface area contributed by atoms with Crippen LogP contribution in [0.3, 0.4) is 0 Å². The molecule has 0 aromatic rings. The summed E-state index contributed by atoms with van der Waals surface area (Å²) in [6.45, 7) is 0. The molecule has 2 unspecified atom stereocenters. The van der Waals surface area contributed by atoms with Crippen LogP contribution >= 0.6 is 23.2 Å². The van der Waals surface area contributed by atoms with Gasteiger partial charge in [0.25, 0.3) is 0 Å². The molecule has 0 spiro atoms. The number of hydrogen-bond donors (Lipinski definition) is 3. The molecule has 1 fully saturated rings. The lowest BCUT2D eigenvalue weighted by Gasteiger charge is -2.29. The standard InChI is InChI=1S/C4H9Cl2N3/c5-2-1-3(6)9-4(7)8-2/h2-4,8-9H,1,7H2. The van der Waals surface area contributed by atoms with Crippen LogP contribution in [-0.4, -0.2) is 17.3 Å². The zero-order valence-corrected chi connectivity index (χ0v) is 6.28. The highest BCUT2D eigenvalue weighted by Gasteiger charge is 2.21. The maximum absolute atomic E-state index is 5.69. The molecule has 3 nitrogen and oxygen atoms in total. The summed E-state index contributed by atoms with van der Waals surface area (Å²) in [6, 6.07) is 0. The summed E-state index contributed by atoms with van der Waals surface area (Å²) in [5.41, 5.74) is 5.21. The monoisotopic (exact) mass is 169 g/mol. The molecule has 1 aliphatic heterocycles. The van der Waals surface area contributed by atoms with Gasteiger partial charge in [0.1, 0.15) is 6.29 Å². The van der Waals surface area contributed by atoms with Gasteiger partial charge in [-0.05, 0) is 0 Å².